The fraction of sp³-hybridized carbons (Fsp3) is 0.333. The molecule has 1 heterocycles. The molecule has 0 aliphatic heterocycles. The van der Waals surface area contributed by atoms with Gasteiger partial charge in [0.1, 0.15) is 5.78 Å². The van der Waals surface area contributed by atoms with Gasteiger partial charge in [0.25, 0.3) is 0 Å². The fourth-order valence-electron chi connectivity index (χ4n) is 2.32. The van der Waals surface area contributed by atoms with E-state index < -0.39 is 11.7 Å². The number of carbonyl (C=O) groups is 1. The number of benzene rings is 1. The smallest absolute Gasteiger partial charge is 0.300 e. The molecule has 0 atom stereocenters. The first kappa shape index (κ1) is 13.9. The van der Waals surface area contributed by atoms with Crippen molar-refractivity contribution in [3.63, 3.8) is 0 Å². The summed E-state index contributed by atoms with van der Waals surface area (Å²) in [4.78, 5) is 11.1. The normalized spacial score (nSPS) is 16.8. The lowest BCUT2D eigenvalue weighted by Gasteiger charge is -2.26. The molecular weight excluding hydrogens is 360 g/mol. The number of carbonyl (C=O) groups excluding carboxylic acids is 1. The molecule has 0 bridgehead atoms. The highest BCUT2D eigenvalue weighted by Gasteiger charge is 2.38. The first-order valence-electron chi connectivity index (χ1n) is 5.73. The van der Waals surface area contributed by atoms with E-state index in [1.807, 2.05) is 0 Å². The molecule has 20 heavy (non-hydrogen) atoms. The molecule has 0 saturated heterocycles. The van der Waals surface area contributed by atoms with Crippen LogP contribution in [0, 0.1) is 0 Å². The molecule has 2 aromatic rings. The molecule has 0 spiro atoms. The van der Waals surface area contributed by atoms with Gasteiger partial charge in [-0.3, -0.25) is 9.48 Å². The summed E-state index contributed by atoms with van der Waals surface area (Å²) in [6.45, 7) is 0. The number of hydrogen-bond donors (Lipinski definition) is 0. The minimum Gasteiger partial charge on any atom is -0.300 e. The van der Waals surface area contributed by atoms with Crippen LogP contribution in [0.25, 0.3) is 10.9 Å². The first-order chi connectivity index (χ1) is 9.27. The van der Waals surface area contributed by atoms with E-state index in [1.165, 1.54) is 10.7 Å². The highest BCUT2D eigenvalue weighted by molar-refractivity contribution is 9.10. The molecule has 1 aliphatic rings. The van der Waals surface area contributed by atoms with Gasteiger partial charge in [-0.1, -0.05) is 27.5 Å². The number of ketones is 1. The third kappa shape index (κ3) is 2.13. The van der Waals surface area contributed by atoms with Gasteiger partial charge in [-0.2, -0.15) is 18.3 Å². The monoisotopic (exact) mass is 366 g/mol. The zero-order valence-electron chi connectivity index (χ0n) is 9.84. The van der Waals surface area contributed by atoms with Crippen LogP contribution in [-0.4, -0.2) is 15.6 Å². The molecule has 0 unspecified atom stereocenters. The number of nitrogens with zero attached hydrogens (tertiary/aromatic N) is 2. The highest BCUT2D eigenvalue weighted by atomic mass is 79.9. The SMILES string of the molecule is O=C1CC(n2nc(Cl)c3cc(Br)cc(C(F)(F)F)c32)C1. The predicted octanol–water partition coefficient (Wildman–Crippen LogP) is 4.38. The second kappa shape index (κ2) is 4.46. The lowest BCUT2D eigenvalue weighted by atomic mass is 9.91. The summed E-state index contributed by atoms with van der Waals surface area (Å²) in [5.41, 5.74) is -0.871. The summed E-state index contributed by atoms with van der Waals surface area (Å²) in [6, 6.07) is 2.15. The lowest BCUT2D eigenvalue weighted by molar-refractivity contribution is -0.136. The van der Waals surface area contributed by atoms with Crippen molar-refractivity contribution in [2.45, 2.75) is 25.1 Å². The Morgan fingerprint density at radius 1 is 1.35 bits per heavy atom. The minimum absolute atomic E-state index is 0.00569. The Balaban J connectivity index is 2.29. The molecule has 1 saturated carbocycles. The van der Waals surface area contributed by atoms with Crippen molar-refractivity contribution in [3.8, 4) is 0 Å². The minimum atomic E-state index is -4.52. The van der Waals surface area contributed by atoms with E-state index in [1.54, 1.807) is 0 Å². The van der Waals surface area contributed by atoms with Gasteiger partial charge in [0.2, 0.25) is 0 Å². The van der Waals surface area contributed by atoms with E-state index in [4.69, 9.17) is 11.6 Å². The van der Waals surface area contributed by atoms with Gasteiger partial charge < -0.3 is 0 Å². The molecule has 1 aromatic carbocycles. The van der Waals surface area contributed by atoms with Crippen LogP contribution < -0.4 is 0 Å². The van der Waals surface area contributed by atoms with Gasteiger partial charge in [0.05, 0.1) is 17.1 Å². The van der Waals surface area contributed by atoms with E-state index in [-0.39, 0.29) is 45.2 Å². The number of rotatable bonds is 1. The molecule has 0 amide bonds. The molecule has 0 radical (unpaired) electrons. The second-order valence-electron chi connectivity index (χ2n) is 4.68. The van der Waals surface area contributed by atoms with Crippen LogP contribution in [0.3, 0.4) is 0 Å². The average molecular weight is 368 g/mol. The van der Waals surface area contributed by atoms with Crippen molar-refractivity contribution in [2.75, 3.05) is 0 Å². The number of alkyl halides is 3. The molecule has 0 N–H and O–H groups in total. The molecule has 1 aliphatic carbocycles. The van der Waals surface area contributed by atoms with Crippen molar-refractivity contribution < 1.29 is 18.0 Å². The maximum Gasteiger partial charge on any atom is 0.418 e. The highest BCUT2D eigenvalue weighted by Crippen LogP contribution is 2.42. The molecule has 1 fully saturated rings. The van der Waals surface area contributed by atoms with Crippen molar-refractivity contribution in [2.24, 2.45) is 0 Å². The van der Waals surface area contributed by atoms with Crippen LogP contribution in [0.1, 0.15) is 24.4 Å². The summed E-state index contributed by atoms with van der Waals surface area (Å²) in [7, 11) is 0. The second-order valence-corrected chi connectivity index (χ2v) is 5.96. The third-order valence-electron chi connectivity index (χ3n) is 3.30. The van der Waals surface area contributed by atoms with Crippen LogP contribution in [0.2, 0.25) is 5.15 Å². The van der Waals surface area contributed by atoms with Crippen molar-refractivity contribution in [3.05, 3.63) is 27.3 Å². The number of aromatic nitrogens is 2. The van der Waals surface area contributed by atoms with Gasteiger partial charge in [-0.15, -0.1) is 0 Å². The Kier molecular flexibility index (Phi) is 3.10. The Morgan fingerprint density at radius 2 is 2.00 bits per heavy atom. The first-order valence-corrected chi connectivity index (χ1v) is 6.90. The zero-order chi connectivity index (χ0) is 14.7. The van der Waals surface area contributed by atoms with Gasteiger partial charge in [0, 0.05) is 22.7 Å². The van der Waals surface area contributed by atoms with Crippen LogP contribution in [0.15, 0.2) is 16.6 Å². The Labute approximate surface area is 124 Å². The van der Waals surface area contributed by atoms with Gasteiger partial charge in [-0.25, -0.2) is 0 Å². The average Bonchev–Trinajstić information content (AvgIpc) is 2.60. The summed E-state index contributed by atoms with van der Waals surface area (Å²) in [5, 5.41) is 4.21. The Hall–Kier alpha value is -1.08. The van der Waals surface area contributed by atoms with E-state index >= 15 is 0 Å². The number of hydrogen-bond acceptors (Lipinski definition) is 2. The molecule has 106 valence electrons. The van der Waals surface area contributed by atoms with Gasteiger partial charge in [0.15, 0.2) is 5.15 Å². The summed E-state index contributed by atoms with van der Waals surface area (Å²) >= 11 is 8.98. The lowest BCUT2D eigenvalue weighted by Crippen LogP contribution is -2.28. The van der Waals surface area contributed by atoms with Crippen LogP contribution in [0.5, 0.6) is 0 Å². The van der Waals surface area contributed by atoms with E-state index in [0.717, 1.165) is 6.07 Å². The van der Waals surface area contributed by atoms with Crippen LogP contribution in [-0.2, 0) is 11.0 Å². The summed E-state index contributed by atoms with van der Waals surface area (Å²) in [5.74, 6) is 0.0143. The van der Waals surface area contributed by atoms with Crippen LogP contribution in [0.4, 0.5) is 13.2 Å². The summed E-state index contributed by atoms with van der Waals surface area (Å²) in [6.07, 6.45) is -4.13. The molecule has 1 aromatic heterocycles. The third-order valence-corrected chi connectivity index (χ3v) is 4.04. The number of fused-ring (bicyclic) bond motifs is 1. The fourth-order valence-corrected chi connectivity index (χ4v) is 3.00. The largest absolute Gasteiger partial charge is 0.418 e. The van der Waals surface area contributed by atoms with Crippen molar-refractivity contribution >= 4 is 44.2 Å². The maximum atomic E-state index is 13.2. The standard InChI is InChI=1S/C12H7BrClF3N2O/c13-5-1-8-10(9(2-5)12(15,16)17)19(18-11(8)14)6-3-7(20)4-6/h1-2,6H,3-4H2. The number of halogens is 5. The van der Waals surface area contributed by atoms with E-state index in [9.17, 15) is 18.0 Å². The maximum absolute atomic E-state index is 13.2. The van der Waals surface area contributed by atoms with Crippen molar-refractivity contribution in [1.29, 1.82) is 0 Å². The van der Waals surface area contributed by atoms with Crippen molar-refractivity contribution in [1.82, 2.24) is 9.78 Å². The molecule has 3 rings (SSSR count). The van der Waals surface area contributed by atoms with Gasteiger partial charge >= 0.3 is 6.18 Å². The zero-order valence-corrected chi connectivity index (χ0v) is 12.2. The van der Waals surface area contributed by atoms with Gasteiger partial charge in [-0.05, 0) is 12.1 Å². The Morgan fingerprint density at radius 3 is 2.55 bits per heavy atom. The topological polar surface area (TPSA) is 34.9 Å². The Bertz CT molecular complexity index is 718. The van der Waals surface area contributed by atoms with Crippen LogP contribution >= 0.6 is 27.5 Å². The molecular formula is C12H7BrClF3N2O. The van der Waals surface area contributed by atoms with E-state index in [2.05, 4.69) is 21.0 Å². The van der Waals surface area contributed by atoms with E-state index in [0.29, 0.717) is 0 Å². The molecule has 8 heteroatoms. The quantitative estimate of drug-likeness (QED) is 0.750. The summed E-state index contributed by atoms with van der Waals surface area (Å²) < 4.78 is 41.0. The molecule has 3 nitrogen and oxygen atoms in total. The predicted molar refractivity (Wildman–Crippen MR) is 70.7 cm³/mol. The number of Topliss-reactive ketones (excluding diaryl/α,β-unsaturated/α-hetero) is 1.